The SMILES string of the molecule is CC.CC.CN1CCN(c2cncc(-c3cnc4[nH]ccc4c3)n2)CC1. The molecule has 1 fully saturated rings. The average molecular weight is 355 g/mol. The molecule has 6 heteroatoms. The number of aromatic nitrogens is 4. The third kappa shape index (κ3) is 4.58. The molecule has 0 amide bonds. The zero-order chi connectivity index (χ0) is 18.9. The first-order chi connectivity index (χ1) is 12.8. The van der Waals surface area contributed by atoms with Crippen LogP contribution in [-0.4, -0.2) is 58.1 Å². The molecule has 6 nitrogen and oxygen atoms in total. The quantitative estimate of drug-likeness (QED) is 0.758. The van der Waals surface area contributed by atoms with Gasteiger partial charge in [0.05, 0.1) is 18.1 Å². The first kappa shape index (κ1) is 19.8. The third-order valence-corrected chi connectivity index (χ3v) is 4.14. The molecule has 0 atom stereocenters. The number of rotatable bonds is 2. The highest BCUT2D eigenvalue weighted by Gasteiger charge is 2.16. The molecule has 0 bridgehead atoms. The number of piperazine rings is 1. The molecule has 0 aliphatic carbocycles. The Morgan fingerprint density at radius 1 is 0.962 bits per heavy atom. The predicted octanol–water partition coefficient (Wildman–Crippen LogP) is 3.82. The molecule has 4 heterocycles. The lowest BCUT2D eigenvalue weighted by atomic mass is 10.2. The lowest BCUT2D eigenvalue weighted by Gasteiger charge is -2.33. The third-order valence-electron chi connectivity index (χ3n) is 4.14. The Kier molecular flexibility index (Phi) is 7.53. The van der Waals surface area contributed by atoms with E-state index in [0.29, 0.717) is 0 Å². The summed E-state index contributed by atoms with van der Waals surface area (Å²) in [5, 5.41) is 1.09. The van der Waals surface area contributed by atoms with Gasteiger partial charge in [0.15, 0.2) is 0 Å². The van der Waals surface area contributed by atoms with E-state index < -0.39 is 0 Å². The second-order valence-electron chi connectivity index (χ2n) is 5.69. The molecule has 1 aliphatic rings. The second-order valence-corrected chi connectivity index (χ2v) is 5.69. The van der Waals surface area contributed by atoms with Crippen molar-refractivity contribution in [3.05, 3.63) is 36.9 Å². The van der Waals surface area contributed by atoms with E-state index in [2.05, 4.69) is 37.9 Å². The van der Waals surface area contributed by atoms with Gasteiger partial charge in [-0.3, -0.25) is 4.98 Å². The maximum atomic E-state index is 4.78. The minimum Gasteiger partial charge on any atom is -0.353 e. The summed E-state index contributed by atoms with van der Waals surface area (Å²) in [6.45, 7) is 12.1. The van der Waals surface area contributed by atoms with Crippen molar-refractivity contribution < 1.29 is 0 Å². The summed E-state index contributed by atoms with van der Waals surface area (Å²) in [7, 11) is 2.15. The minimum absolute atomic E-state index is 0.868. The van der Waals surface area contributed by atoms with Crippen LogP contribution in [0.15, 0.2) is 36.9 Å². The molecule has 3 aromatic heterocycles. The molecule has 0 unspecified atom stereocenters. The van der Waals surface area contributed by atoms with E-state index in [1.54, 1.807) is 6.20 Å². The molecule has 1 saturated heterocycles. The fraction of sp³-hybridized carbons (Fsp3) is 0.450. The topological polar surface area (TPSA) is 60.9 Å². The number of hydrogen-bond donors (Lipinski definition) is 1. The highest BCUT2D eigenvalue weighted by Crippen LogP contribution is 2.22. The van der Waals surface area contributed by atoms with Gasteiger partial charge in [0.1, 0.15) is 11.5 Å². The summed E-state index contributed by atoms with van der Waals surface area (Å²) in [6, 6.07) is 4.11. The highest BCUT2D eigenvalue weighted by atomic mass is 15.3. The summed E-state index contributed by atoms with van der Waals surface area (Å²) in [6.07, 6.45) is 7.39. The Hall–Kier alpha value is -2.47. The fourth-order valence-corrected chi connectivity index (χ4v) is 2.76. The number of aromatic amines is 1. The molecule has 4 rings (SSSR count). The van der Waals surface area contributed by atoms with Crippen molar-refractivity contribution in [3.8, 4) is 11.3 Å². The van der Waals surface area contributed by atoms with Gasteiger partial charge in [-0.05, 0) is 19.2 Å². The van der Waals surface area contributed by atoms with Crippen molar-refractivity contribution in [2.75, 3.05) is 38.1 Å². The summed E-state index contributed by atoms with van der Waals surface area (Å²) in [5.74, 6) is 0.944. The molecule has 140 valence electrons. The maximum Gasteiger partial charge on any atom is 0.147 e. The monoisotopic (exact) mass is 354 g/mol. The molecule has 0 radical (unpaired) electrons. The Bertz CT molecular complexity index is 790. The van der Waals surface area contributed by atoms with Gasteiger partial charge in [-0.25, -0.2) is 9.97 Å². The van der Waals surface area contributed by atoms with Gasteiger partial charge in [0.25, 0.3) is 0 Å². The zero-order valence-electron chi connectivity index (χ0n) is 16.5. The van der Waals surface area contributed by atoms with Crippen molar-refractivity contribution in [2.45, 2.75) is 27.7 Å². The minimum atomic E-state index is 0.868. The van der Waals surface area contributed by atoms with Crippen LogP contribution >= 0.6 is 0 Å². The number of H-pyrrole nitrogens is 1. The van der Waals surface area contributed by atoms with Crippen LogP contribution in [0.5, 0.6) is 0 Å². The maximum absolute atomic E-state index is 4.78. The number of anilines is 1. The van der Waals surface area contributed by atoms with E-state index in [1.165, 1.54) is 0 Å². The number of likely N-dealkylation sites (N-methyl/N-ethyl adjacent to an activating group) is 1. The van der Waals surface area contributed by atoms with E-state index in [-0.39, 0.29) is 0 Å². The Morgan fingerprint density at radius 3 is 2.42 bits per heavy atom. The average Bonchev–Trinajstić information content (AvgIpc) is 3.19. The van der Waals surface area contributed by atoms with Gasteiger partial charge in [-0.15, -0.1) is 0 Å². The Balaban J connectivity index is 0.000000570. The summed E-state index contributed by atoms with van der Waals surface area (Å²) in [5.41, 5.74) is 2.76. The van der Waals surface area contributed by atoms with Crippen LogP contribution < -0.4 is 4.90 Å². The molecule has 1 aliphatic heterocycles. The Labute approximate surface area is 156 Å². The normalized spacial score (nSPS) is 14.3. The van der Waals surface area contributed by atoms with Crippen LogP contribution in [0.2, 0.25) is 0 Å². The van der Waals surface area contributed by atoms with Crippen molar-refractivity contribution >= 4 is 16.9 Å². The molecule has 0 spiro atoms. The first-order valence-electron chi connectivity index (χ1n) is 9.49. The van der Waals surface area contributed by atoms with Crippen molar-refractivity contribution in [1.29, 1.82) is 0 Å². The van der Waals surface area contributed by atoms with Gasteiger partial charge in [0, 0.05) is 49.5 Å². The number of nitrogens with one attached hydrogen (secondary N) is 1. The van der Waals surface area contributed by atoms with Crippen molar-refractivity contribution in [3.63, 3.8) is 0 Å². The van der Waals surface area contributed by atoms with Crippen molar-refractivity contribution in [2.24, 2.45) is 0 Å². The Morgan fingerprint density at radius 2 is 1.69 bits per heavy atom. The molecule has 0 saturated carbocycles. The number of pyridine rings is 1. The van der Waals surface area contributed by atoms with Gasteiger partial charge in [-0.1, -0.05) is 27.7 Å². The van der Waals surface area contributed by atoms with Crippen LogP contribution in [0.4, 0.5) is 5.82 Å². The van der Waals surface area contributed by atoms with Gasteiger partial charge >= 0.3 is 0 Å². The standard InChI is InChI=1S/C16H18N6.2C2H6/c1-21-4-6-22(7-5-21)15-11-17-10-14(20-15)13-8-12-2-3-18-16(12)19-9-13;2*1-2/h2-3,8-11H,4-7H2,1H3,(H,18,19);2*1-2H3. The largest absolute Gasteiger partial charge is 0.353 e. The van der Waals surface area contributed by atoms with Gasteiger partial charge in [-0.2, -0.15) is 0 Å². The summed E-state index contributed by atoms with van der Waals surface area (Å²) < 4.78 is 0. The molecule has 26 heavy (non-hydrogen) atoms. The molecular weight excluding hydrogens is 324 g/mol. The van der Waals surface area contributed by atoms with Gasteiger partial charge in [0.2, 0.25) is 0 Å². The van der Waals surface area contributed by atoms with E-state index in [4.69, 9.17) is 4.98 Å². The number of fused-ring (bicyclic) bond motifs is 1. The smallest absolute Gasteiger partial charge is 0.147 e. The van der Waals surface area contributed by atoms with Gasteiger partial charge < -0.3 is 14.8 Å². The molecule has 0 aromatic carbocycles. The van der Waals surface area contributed by atoms with Crippen LogP contribution in [-0.2, 0) is 0 Å². The van der Waals surface area contributed by atoms with E-state index >= 15 is 0 Å². The lowest BCUT2D eigenvalue weighted by molar-refractivity contribution is 0.312. The molecule has 1 N–H and O–H groups in total. The van der Waals surface area contributed by atoms with Crippen LogP contribution in [0.3, 0.4) is 0 Å². The molecular formula is C20H30N6. The fourth-order valence-electron chi connectivity index (χ4n) is 2.76. The number of nitrogens with zero attached hydrogens (tertiary/aromatic N) is 5. The summed E-state index contributed by atoms with van der Waals surface area (Å²) in [4.78, 5) is 21.3. The van der Waals surface area contributed by atoms with Crippen LogP contribution in [0.25, 0.3) is 22.3 Å². The van der Waals surface area contributed by atoms with Crippen molar-refractivity contribution in [1.82, 2.24) is 24.8 Å². The highest BCUT2D eigenvalue weighted by molar-refractivity contribution is 5.80. The number of hydrogen-bond acceptors (Lipinski definition) is 5. The van der Waals surface area contributed by atoms with Crippen LogP contribution in [0.1, 0.15) is 27.7 Å². The summed E-state index contributed by atoms with van der Waals surface area (Å²) >= 11 is 0. The molecule has 3 aromatic rings. The van der Waals surface area contributed by atoms with E-state index in [9.17, 15) is 0 Å². The second kappa shape index (κ2) is 9.87. The van der Waals surface area contributed by atoms with Crippen LogP contribution in [0, 0.1) is 0 Å². The lowest BCUT2D eigenvalue weighted by Crippen LogP contribution is -2.44. The predicted molar refractivity (Wildman–Crippen MR) is 110 cm³/mol. The zero-order valence-corrected chi connectivity index (χ0v) is 16.5. The first-order valence-corrected chi connectivity index (χ1v) is 9.49. The van der Waals surface area contributed by atoms with E-state index in [1.807, 2.05) is 52.4 Å². The van der Waals surface area contributed by atoms with E-state index in [0.717, 1.165) is 54.3 Å².